The van der Waals surface area contributed by atoms with E-state index in [-0.39, 0.29) is 30.0 Å². The summed E-state index contributed by atoms with van der Waals surface area (Å²) in [4.78, 5) is 8.67. The summed E-state index contributed by atoms with van der Waals surface area (Å²) in [5.41, 5.74) is 2.36. The number of benzene rings is 1. The molecular weight excluding hydrogens is 463 g/mol. The van der Waals surface area contributed by atoms with Crippen molar-refractivity contribution in [2.45, 2.75) is 12.6 Å². The SMILES string of the molecule is CN=C(NCC(c1cnn(C)c1)N(C)C)N(C)Cc1ccc(Cl)cc1.I. The average Bonchev–Trinajstić information content (AvgIpc) is 2.99. The molecule has 0 aliphatic carbocycles. The molecule has 1 aromatic carbocycles. The minimum Gasteiger partial charge on any atom is -0.354 e. The molecule has 144 valence electrons. The second-order valence-corrected chi connectivity index (χ2v) is 6.77. The number of likely N-dealkylation sites (N-methyl/N-ethyl adjacent to an activating group) is 1. The zero-order chi connectivity index (χ0) is 18.4. The summed E-state index contributed by atoms with van der Waals surface area (Å²) in [5.74, 6) is 0.852. The fraction of sp³-hybridized carbons (Fsp3) is 0.444. The first-order valence-electron chi connectivity index (χ1n) is 8.22. The van der Waals surface area contributed by atoms with Crippen LogP contribution in [-0.2, 0) is 13.6 Å². The van der Waals surface area contributed by atoms with E-state index < -0.39 is 0 Å². The lowest BCUT2D eigenvalue weighted by Crippen LogP contribution is -2.42. The van der Waals surface area contributed by atoms with Crippen molar-refractivity contribution in [3.63, 3.8) is 0 Å². The third-order valence-electron chi connectivity index (χ3n) is 4.09. The van der Waals surface area contributed by atoms with Crippen molar-refractivity contribution in [3.05, 3.63) is 52.8 Å². The van der Waals surface area contributed by atoms with E-state index in [4.69, 9.17) is 11.6 Å². The van der Waals surface area contributed by atoms with Gasteiger partial charge in [-0.05, 0) is 31.8 Å². The highest BCUT2D eigenvalue weighted by Crippen LogP contribution is 2.16. The van der Waals surface area contributed by atoms with Gasteiger partial charge in [-0.3, -0.25) is 9.67 Å². The zero-order valence-corrected chi connectivity index (χ0v) is 19.1. The third kappa shape index (κ3) is 6.44. The number of aliphatic imine (C=N–C) groups is 1. The van der Waals surface area contributed by atoms with Crippen molar-refractivity contribution in [2.75, 3.05) is 34.7 Å². The monoisotopic (exact) mass is 490 g/mol. The lowest BCUT2D eigenvalue weighted by Gasteiger charge is -2.27. The summed E-state index contributed by atoms with van der Waals surface area (Å²) >= 11 is 5.95. The molecule has 26 heavy (non-hydrogen) atoms. The number of aryl methyl sites for hydroxylation is 1. The molecule has 0 aliphatic heterocycles. The molecule has 1 aromatic heterocycles. The van der Waals surface area contributed by atoms with Gasteiger partial charge < -0.3 is 15.1 Å². The Bertz CT molecular complexity index is 698. The minimum atomic E-state index is 0. The lowest BCUT2D eigenvalue weighted by atomic mass is 10.1. The first kappa shape index (κ1) is 22.7. The fourth-order valence-corrected chi connectivity index (χ4v) is 2.85. The summed E-state index contributed by atoms with van der Waals surface area (Å²) in [6.07, 6.45) is 3.96. The Morgan fingerprint density at radius 1 is 1.27 bits per heavy atom. The normalized spacial score (nSPS) is 12.7. The van der Waals surface area contributed by atoms with Gasteiger partial charge in [0.2, 0.25) is 0 Å². The Labute approximate surface area is 178 Å². The molecular formula is C18H28ClIN6. The molecule has 0 aliphatic rings. The van der Waals surface area contributed by atoms with Gasteiger partial charge in [0.1, 0.15) is 0 Å². The minimum absolute atomic E-state index is 0. The van der Waals surface area contributed by atoms with Crippen LogP contribution >= 0.6 is 35.6 Å². The first-order chi connectivity index (χ1) is 11.9. The van der Waals surface area contributed by atoms with Crippen molar-refractivity contribution < 1.29 is 0 Å². The molecule has 1 atom stereocenters. The van der Waals surface area contributed by atoms with Crippen LogP contribution in [-0.4, -0.2) is 60.3 Å². The highest BCUT2D eigenvalue weighted by molar-refractivity contribution is 14.0. The molecule has 1 heterocycles. The number of aromatic nitrogens is 2. The number of hydrogen-bond acceptors (Lipinski definition) is 3. The maximum Gasteiger partial charge on any atom is 0.193 e. The number of nitrogens with zero attached hydrogens (tertiary/aromatic N) is 5. The highest BCUT2D eigenvalue weighted by atomic mass is 127. The fourth-order valence-electron chi connectivity index (χ4n) is 2.72. The van der Waals surface area contributed by atoms with Gasteiger partial charge in [0.05, 0.1) is 12.2 Å². The first-order valence-corrected chi connectivity index (χ1v) is 8.59. The second-order valence-electron chi connectivity index (χ2n) is 6.34. The van der Waals surface area contributed by atoms with E-state index >= 15 is 0 Å². The van der Waals surface area contributed by atoms with Crippen molar-refractivity contribution in [3.8, 4) is 0 Å². The molecule has 0 radical (unpaired) electrons. The van der Waals surface area contributed by atoms with Gasteiger partial charge in [-0.25, -0.2) is 0 Å². The molecule has 0 amide bonds. The molecule has 2 rings (SSSR count). The van der Waals surface area contributed by atoms with Gasteiger partial charge in [-0.2, -0.15) is 5.10 Å². The van der Waals surface area contributed by atoms with Gasteiger partial charge in [-0.15, -0.1) is 24.0 Å². The molecule has 0 spiro atoms. The lowest BCUT2D eigenvalue weighted by molar-refractivity contribution is 0.295. The Balaban J connectivity index is 0.00000338. The highest BCUT2D eigenvalue weighted by Gasteiger charge is 2.17. The molecule has 0 saturated heterocycles. The number of guanidine groups is 1. The summed E-state index contributed by atoms with van der Waals surface area (Å²) in [7, 11) is 9.90. The largest absolute Gasteiger partial charge is 0.354 e. The van der Waals surface area contributed by atoms with Crippen LogP contribution < -0.4 is 5.32 Å². The number of halogens is 2. The second kappa shape index (κ2) is 10.7. The molecule has 1 N–H and O–H groups in total. The maximum atomic E-state index is 5.95. The van der Waals surface area contributed by atoms with E-state index in [1.165, 1.54) is 11.1 Å². The van der Waals surface area contributed by atoms with Crippen LogP contribution in [0.2, 0.25) is 5.02 Å². The molecule has 2 aromatic rings. The van der Waals surface area contributed by atoms with Gasteiger partial charge in [0.15, 0.2) is 5.96 Å². The molecule has 0 saturated carbocycles. The Kier molecular flexibility index (Phi) is 9.38. The van der Waals surface area contributed by atoms with E-state index in [9.17, 15) is 0 Å². The predicted octanol–water partition coefficient (Wildman–Crippen LogP) is 3.00. The van der Waals surface area contributed by atoms with Crippen LogP contribution in [0.5, 0.6) is 0 Å². The van der Waals surface area contributed by atoms with Crippen LogP contribution in [0.15, 0.2) is 41.7 Å². The van der Waals surface area contributed by atoms with E-state index in [2.05, 4.69) is 39.3 Å². The summed E-state index contributed by atoms with van der Waals surface area (Å²) < 4.78 is 1.83. The van der Waals surface area contributed by atoms with Crippen LogP contribution in [0.25, 0.3) is 0 Å². The van der Waals surface area contributed by atoms with Gasteiger partial charge >= 0.3 is 0 Å². The predicted molar refractivity (Wildman–Crippen MR) is 119 cm³/mol. The topological polar surface area (TPSA) is 48.7 Å². The van der Waals surface area contributed by atoms with Gasteiger partial charge in [0, 0.05) is 51.0 Å². The Morgan fingerprint density at radius 2 is 1.92 bits per heavy atom. The molecule has 1 unspecified atom stereocenters. The Hall–Kier alpha value is -1.32. The van der Waals surface area contributed by atoms with Gasteiger partial charge in [0.25, 0.3) is 0 Å². The molecule has 8 heteroatoms. The van der Waals surface area contributed by atoms with Crippen LogP contribution in [0.3, 0.4) is 0 Å². The number of rotatable bonds is 6. The van der Waals surface area contributed by atoms with Crippen molar-refractivity contribution in [1.29, 1.82) is 0 Å². The average molecular weight is 491 g/mol. The van der Waals surface area contributed by atoms with E-state index in [0.29, 0.717) is 0 Å². The summed E-state index contributed by atoms with van der Waals surface area (Å²) in [6.45, 7) is 1.51. The van der Waals surface area contributed by atoms with E-state index in [0.717, 1.165) is 24.1 Å². The number of nitrogens with one attached hydrogen (secondary N) is 1. The van der Waals surface area contributed by atoms with E-state index in [1.807, 2.05) is 55.4 Å². The van der Waals surface area contributed by atoms with Crippen molar-refractivity contribution >= 4 is 41.5 Å². The third-order valence-corrected chi connectivity index (χ3v) is 4.34. The van der Waals surface area contributed by atoms with Crippen LogP contribution in [0, 0.1) is 0 Å². The quantitative estimate of drug-likeness (QED) is 0.384. The molecule has 6 nitrogen and oxygen atoms in total. The number of hydrogen-bond donors (Lipinski definition) is 1. The van der Waals surface area contributed by atoms with Crippen molar-refractivity contribution in [1.82, 2.24) is 24.9 Å². The summed E-state index contributed by atoms with van der Waals surface area (Å²) in [6, 6.07) is 8.10. The summed E-state index contributed by atoms with van der Waals surface area (Å²) in [5, 5.41) is 8.49. The molecule has 0 fully saturated rings. The van der Waals surface area contributed by atoms with Crippen molar-refractivity contribution in [2.24, 2.45) is 12.0 Å². The Morgan fingerprint density at radius 3 is 2.42 bits per heavy atom. The molecule has 0 bridgehead atoms. The smallest absolute Gasteiger partial charge is 0.193 e. The van der Waals surface area contributed by atoms with Gasteiger partial charge in [-0.1, -0.05) is 23.7 Å². The zero-order valence-electron chi connectivity index (χ0n) is 16.0. The van der Waals surface area contributed by atoms with Crippen LogP contribution in [0.4, 0.5) is 0 Å². The van der Waals surface area contributed by atoms with E-state index in [1.54, 1.807) is 7.05 Å². The van der Waals surface area contributed by atoms with Crippen LogP contribution in [0.1, 0.15) is 17.2 Å². The maximum absolute atomic E-state index is 5.95. The standard InChI is InChI=1S/C18H27ClN6.HI/c1-20-18(24(4)12-14-6-8-16(19)9-7-14)21-11-17(23(2)3)15-10-22-25(5)13-15;/h6-10,13,17H,11-12H2,1-5H3,(H,20,21);1H.